The van der Waals surface area contributed by atoms with E-state index < -0.39 is 22.0 Å². The molecule has 2 heterocycles. The van der Waals surface area contributed by atoms with Gasteiger partial charge in [0.15, 0.2) is 0 Å². The van der Waals surface area contributed by atoms with Crippen molar-refractivity contribution in [1.82, 2.24) is 24.8 Å². The standard InChI is InChI=1S/C25H31N5O4S/c1-17-9-10-21-18(13-17)14-22(27-21)25(32)28-23-16-30(35(33,34)19-7-5-4-6-8-19)15-20(23)24(31)26-11-12-29(2)3/h4-10,13-14,20,23,27H,11-12,15-16H2,1-3H3,(H,26,31)(H,28,32)/t20-,23+/m1/s1. The molecule has 10 heteroatoms. The lowest BCUT2D eigenvalue weighted by atomic mass is 10.0. The second-order valence-corrected chi connectivity index (χ2v) is 11.1. The first-order valence-electron chi connectivity index (χ1n) is 11.5. The molecule has 9 nitrogen and oxygen atoms in total. The van der Waals surface area contributed by atoms with Crippen LogP contribution in [0.25, 0.3) is 10.9 Å². The first-order valence-corrected chi connectivity index (χ1v) is 13.0. The maximum absolute atomic E-state index is 13.2. The molecule has 2 amide bonds. The van der Waals surface area contributed by atoms with Gasteiger partial charge in [0.1, 0.15) is 5.69 Å². The Morgan fingerprint density at radius 2 is 1.83 bits per heavy atom. The van der Waals surface area contributed by atoms with Crippen molar-refractivity contribution < 1.29 is 18.0 Å². The van der Waals surface area contributed by atoms with Gasteiger partial charge in [-0.3, -0.25) is 9.59 Å². The number of sulfonamides is 1. The van der Waals surface area contributed by atoms with E-state index in [1.165, 1.54) is 16.4 Å². The van der Waals surface area contributed by atoms with Gasteiger partial charge in [-0.1, -0.05) is 29.8 Å². The van der Waals surface area contributed by atoms with E-state index in [-0.39, 0.29) is 29.8 Å². The summed E-state index contributed by atoms with van der Waals surface area (Å²) >= 11 is 0. The van der Waals surface area contributed by atoms with E-state index in [1.807, 2.05) is 44.1 Å². The summed E-state index contributed by atoms with van der Waals surface area (Å²) in [6.07, 6.45) is 0. The van der Waals surface area contributed by atoms with Gasteiger partial charge in [0.25, 0.3) is 5.91 Å². The van der Waals surface area contributed by atoms with Crippen LogP contribution in [0.5, 0.6) is 0 Å². The molecule has 2 atom stereocenters. The minimum absolute atomic E-state index is 0.00801. The number of carbonyl (C=O) groups excluding carboxylic acids is 2. The van der Waals surface area contributed by atoms with Crippen LogP contribution in [0.1, 0.15) is 16.1 Å². The molecule has 1 aromatic heterocycles. The van der Waals surface area contributed by atoms with Crippen molar-refractivity contribution in [2.75, 3.05) is 40.3 Å². The molecule has 186 valence electrons. The molecule has 0 radical (unpaired) electrons. The smallest absolute Gasteiger partial charge is 0.268 e. The molecular weight excluding hydrogens is 466 g/mol. The third kappa shape index (κ3) is 5.55. The van der Waals surface area contributed by atoms with Crippen LogP contribution in [0.15, 0.2) is 59.5 Å². The molecule has 0 aliphatic carbocycles. The zero-order valence-corrected chi connectivity index (χ0v) is 20.9. The lowest BCUT2D eigenvalue weighted by molar-refractivity contribution is -0.125. The fourth-order valence-corrected chi connectivity index (χ4v) is 5.78. The molecule has 1 fully saturated rings. The molecule has 1 aliphatic heterocycles. The van der Waals surface area contributed by atoms with E-state index in [9.17, 15) is 18.0 Å². The highest BCUT2D eigenvalue weighted by Crippen LogP contribution is 2.26. The van der Waals surface area contributed by atoms with Crippen LogP contribution in [0.2, 0.25) is 0 Å². The predicted molar refractivity (Wildman–Crippen MR) is 135 cm³/mol. The number of aromatic amines is 1. The minimum Gasteiger partial charge on any atom is -0.354 e. The topological polar surface area (TPSA) is 115 Å². The second kappa shape index (κ2) is 10.2. The third-order valence-electron chi connectivity index (χ3n) is 6.20. The summed E-state index contributed by atoms with van der Waals surface area (Å²) < 4.78 is 27.7. The fraction of sp³-hybridized carbons (Fsp3) is 0.360. The maximum Gasteiger partial charge on any atom is 0.268 e. The number of rotatable bonds is 8. The summed E-state index contributed by atoms with van der Waals surface area (Å²) in [5.41, 5.74) is 2.27. The van der Waals surface area contributed by atoms with Crippen molar-refractivity contribution >= 4 is 32.7 Å². The highest BCUT2D eigenvalue weighted by molar-refractivity contribution is 7.89. The van der Waals surface area contributed by atoms with Gasteiger partial charge < -0.3 is 20.5 Å². The lowest BCUT2D eigenvalue weighted by Gasteiger charge is -2.19. The number of hydrogen-bond donors (Lipinski definition) is 3. The van der Waals surface area contributed by atoms with Crippen LogP contribution in [0, 0.1) is 12.8 Å². The highest BCUT2D eigenvalue weighted by atomic mass is 32.2. The van der Waals surface area contributed by atoms with E-state index in [1.54, 1.807) is 24.3 Å². The van der Waals surface area contributed by atoms with Crippen molar-refractivity contribution in [3.8, 4) is 0 Å². The number of fused-ring (bicyclic) bond motifs is 1. The Bertz CT molecular complexity index is 1320. The molecule has 4 rings (SSSR count). The highest BCUT2D eigenvalue weighted by Gasteiger charge is 2.43. The number of aromatic nitrogens is 1. The van der Waals surface area contributed by atoms with E-state index in [2.05, 4.69) is 15.6 Å². The normalized spacial score (nSPS) is 18.7. The lowest BCUT2D eigenvalue weighted by Crippen LogP contribution is -2.47. The Kier molecular flexibility index (Phi) is 7.25. The number of amides is 2. The Labute approximate surface area is 205 Å². The predicted octanol–water partition coefficient (Wildman–Crippen LogP) is 1.57. The summed E-state index contributed by atoms with van der Waals surface area (Å²) in [5, 5.41) is 6.69. The quantitative estimate of drug-likeness (QED) is 0.437. The van der Waals surface area contributed by atoms with E-state index in [4.69, 9.17) is 0 Å². The van der Waals surface area contributed by atoms with Crippen molar-refractivity contribution in [3.05, 3.63) is 65.9 Å². The van der Waals surface area contributed by atoms with Gasteiger partial charge in [-0.15, -0.1) is 0 Å². The molecule has 35 heavy (non-hydrogen) atoms. The molecule has 0 bridgehead atoms. The van der Waals surface area contributed by atoms with Crippen molar-refractivity contribution in [2.24, 2.45) is 5.92 Å². The fourth-order valence-electron chi connectivity index (χ4n) is 4.27. The van der Waals surface area contributed by atoms with Crippen LogP contribution in [0.3, 0.4) is 0 Å². The van der Waals surface area contributed by atoms with E-state index in [0.717, 1.165) is 16.5 Å². The molecular formula is C25H31N5O4S. The molecule has 1 saturated heterocycles. The number of nitrogens with one attached hydrogen (secondary N) is 3. The summed E-state index contributed by atoms with van der Waals surface area (Å²) in [7, 11) is -0.00467. The molecule has 0 spiro atoms. The largest absolute Gasteiger partial charge is 0.354 e. The first kappa shape index (κ1) is 24.9. The Balaban J connectivity index is 1.55. The minimum atomic E-state index is -3.81. The van der Waals surface area contributed by atoms with Crippen molar-refractivity contribution in [1.29, 1.82) is 0 Å². The average Bonchev–Trinajstić information content (AvgIpc) is 3.44. The number of carbonyl (C=O) groups is 2. The zero-order valence-electron chi connectivity index (χ0n) is 20.1. The molecule has 0 unspecified atom stereocenters. The van der Waals surface area contributed by atoms with E-state index >= 15 is 0 Å². The number of likely N-dealkylation sites (N-methyl/N-ethyl adjacent to an activating group) is 1. The van der Waals surface area contributed by atoms with Crippen LogP contribution in [-0.2, 0) is 14.8 Å². The first-order chi connectivity index (χ1) is 16.6. The Hall–Kier alpha value is -3.21. The summed E-state index contributed by atoms with van der Waals surface area (Å²) in [5.74, 6) is -1.38. The van der Waals surface area contributed by atoms with Crippen LogP contribution in [0.4, 0.5) is 0 Å². The van der Waals surface area contributed by atoms with Gasteiger partial charge in [0.2, 0.25) is 15.9 Å². The molecule has 0 saturated carbocycles. The van der Waals surface area contributed by atoms with Crippen LogP contribution >= 0.6 is 0 Å². The van der Waals surface area contributed by atoms with Crippen LogP contribution in [-0.4, -0.2) is 80.7 Å². The molecule has 3 N–H and O–H groups in total. The number of benzene rings is 2. The number of H-pyrrole nitrogens is 1. The van der Waals surface area contributed by atoms with Gasteiger partial charge in [-0.25, -0.2) is 8.42 Å². The van der Waals surface area contributed by atoms with Crippen LogP contribution < -0.4 is 10.6 Å². The SMILES string of the molecule is Cc1ccc2[nH]c(C(=O)N[C@H]3CN(S(=O)(=O)c4ccccc4)C[C@H]3C(=O)NCCN(C)C)cc2c1. The maximum atomic E-state index is 13.2. The van der Waals surface area contributed by atoms with Crippen molar-refractivity contribution in [3.63, 3.8) is 0 Å². The molecule has 3 aromatic rings. The zero-order chi connectivity index (χ0) is 25.2. The summed E-state index contributed by atoms with van der Waals surface area (Å²) in [6, 6.07) is 15.0. The number of nitrogens with zero attached hydrogens (tertiary/aromatic N) is 2. The second-order valence-electron chi connectivity index (χ2n) is 9.19. The molecule has 2 aromatic carbocycles. The van der Waals surface area contributed by atoms with Gasteiger partial charge in [-0.2, -0.15) is 4.31 Å². The van der Waals surface area contributed by atoms with Gasteiger partial charge in [-0.05, 0) is 51.4 Å². The summed E-state index contributed by atoms with van der Waals surface area (Å²) in [4.78, 5) is 31.3. The Morgan fingerprint density at radius 1 is 1.09 bits per heavy atom. The van der Waals surface area contributed by atoms with Gasteiger partial charge >= 0.3 is 0 Å². The molecule has 1 aliphatic rings. The van der Waals surface area contributed by atoms with Gasteiger partial charge in [0, 0.05) is 37.1 Å². The monoisotopic (exact) mass is 497 g/mol. The Morgan fingerprint density at radius 3 is 2.54 bits per heavy atom. The van der Waals surface area contributed by atoms with Crippen molar-refractivity contribution in [2.45, 2.75) is 17.9 Å². The average molecular weight is 498 g/mol. The van der Waals surface area contributed by atoms with E-state index in [0.29, 0.717) is 18.8 Å². The number of aryl methyl sites for hydroxylation is 1. The summed E-state index contributed by atoms with van der Waals surface area (Å²) in [6.45, 7) is 3.05. The third-order valence-corrected chi connectivity index (χ3v) is 8.05. The van der Waals surface area contributed by atoms with Gasteiger partial charge in [0.05, 0.1) is 16.9 Å². The number of hydrogen-bond acceptors (Lipinski definition) is 5.